The van der Waals surface area contributed by atoms with E-state index in [2.05, 4.69) is 10.3 Å². The maximum absolute atomic E-state index is 12.7. The van der Waals surface area contributed by atoms with Gasteiger partial charge in [-0.3, -0.25) is 9.36 Å². The summed E-state index contributed by atoms with van der Waals surface area (Å²) in [5.41, 5.74) is 2.99. The van der Waals surface area contributed by atoms with Gasteiger partial charge in [-0.2, -0.15) is 4.31 Å². The molecule has 0 atom stereocenters. The number of rotatable bonds is 8. The second kappa shape index (κ2) is 10.5. The molecule has 0 radical (unpaired) electrons. The van der Waals surface area contributed by atoms with Gasteiger partial charge >= 0.3 is 0 Å². The normalized spacial score (nSPS) is 14.8. The minimum absolute atomic E-state index is 0.121. The van der Waals surface area contributed by atoms with Crippen molar-refractivity contribution >= 4 is 27.7 Å². The van der Waals surface area contributed by atoms with Crippen LogP contribution in [0.2, 0.25) is 0 Å². The van der Waals surface area contributed by atoms with Crippen LogP contribution in [0.25, 0.3) is 5.69 Å². The monoisotopic (exact) mass is 486 g/mol. The lowest BCUT2D eigenvalue weighted by molar-refractivity contribution is -0.118. The molecule has 1 N–H and O–H groups in total. The average Bonchev–Trinajstić information content (AvgIpc) is 3.31. The van der Waals surface area contributed by atoms with Gasteiger partial charge < -0.3 is 10.1 Å². The van der Waals surface area contributed by atoms with Crippen LogP contribution in [0.1, 0.15) is 11.1 Å². The Balaban J connectivity index is 1.30. The fourth-order valence-electron chi connectivity index (χ4n) is 3.51. The number of benzene rings is 2. The van der Waals surface area contributed by atoms with Gasteiger partial charge in [-0.05, 0) is 36.2 Å². The van der Waals surface area contributed by atoms with Crippen LogP contribution in [0.5, 0.6) is 0 Å². The zero-order chi connectivity index (χ0) is 23.3. The van der Waals surface area contributed by atoms with Crippen molar-refractivity contribution in [2.75, 3.05) is 32.1 Å². The summed E-state index contributed by atoms with van der Waals surface area (Å²) < 4.78 is 34.0. The van der Waals surface area contributed by atoms with E-state index >= 15 is 0 Å². The van der Waals surface area contributed by atoms with Gasteiger partial charge in [0.15, 0.2) is 5.16 Å². The SMILES string of the molecule is Cc1ccccc1-n1ccnc1SCC(=O)NCc1ccc(S(=O)(=O)N2CCOCC2)cc1. The predicted octanol–water partition coefficient (Wildman–Crippen LogP) is 2.61. The van der Waals surface area contributed by atoms with Gasteiger partial charge in [0.25, 0.3) is 0 Å². The summed E-state index contributed by atoms with van der Waals surface area (Å²) in [5.74, 6) is 0.108. The van der Waals surface area contributed by atoms with Crippen LogP contribution in [-0.4, -0.2) is 60.2 Å². The number of aryl methyl sites for hydroxylation is 1. The number of para-hydroxylation sites is 1. The average molecular weight is 487 g/mol. The smallest absolute Gasteiger partial charge is 0.243 e. The van der Waals surface area contributed by atoms with Crippen molar-refractivity contribution in [3.05, 3.63) is 72.1 Å². The van der Waals surface area contributed by atoms with Crippen molar-refractivity contribution in [3.63, 3.8) is 0 Å². The van der Waals surface area contributed by atoms with E-state index in [1.807, 2.05) is 42.0 Å². The molecule has 0 unspecified atom stereocenters. The zero-order valence-electron chi connectivity index (χ0n) is 18.3. The number of imidazole rings is 1. The lowest BCUT2D eigenvalue weighted by Crippen LogP contribution is -2.40. The molecule has 0 saturated carbocycles. The van der Waals surface area contributed by atoms with E-state index in [-0.39, 0.29) is 16.6 Å². The van der Waals surface area contributed by atoms with Crippen molar-refractivity contribution in [1.29, 1.82) is 0 Å². The molecule has 2 aromatic carbocycles. The molecule has 1 saturated heterocycles. The Labute approximate surface area is 198 Å². The summed E-state index contributed by atoms with van der Waals surface area (Å²) in [6.45, 7) is 3.90. The maximum atomic E-state index is 12.7. The summed E-state index contributed by atoms with van der Waals surface area (Å²) >= 11 is 1.37. The van der Waals surface area contributed by atoms with E-state index in [9.17, 15) is 13.2 Å². The van der Waals surface area contributed by atoms with Crippen LogP contribution in [0.3, 0.4) is 0 Å². The number of carbonyl (C=O) groups is 1. The van der Waals surface area contributed by atoms with Crippen molar-refractivity contribution in [2.24, 2.45) is 0 Å². The molecule has 2 heterocycles. The number of nitrogens with zero attached hydrogens (tertiary/aromatic N) is 3. The molecule has 1 amide bonds. The second-order valence-corrected chi connectivity index (χ2v) is 10.5. The lowest BCUT2D eigenvalue weighted by atomic mass is 10.2. The Morgan fingerprint density at radius 3 is 2.58 bits per heavy atom. The highest BCUT2D eigenvalue weighted by atomic mass is 32.2. The predicted molar refractivity (Wildman–Crippen MR) is 127 cm³/mol. The number of thioether (sulfide) groups is 1. The van der Waals surface area contributed by atoms with Crippen LogP contribution < -0.4 is 5.32 Å². The molecule has 0 spiro atoms. The number of ether oxygens (including phenoxy) is 1. The first-order chi connectivity index (χ1) is 15.9. The molecule has 8 nitrogen and oxygen atoms in total. The van der Waals surface area contributed by atoms with Crippen LogP contribution in [0.15, 0.2) is 71.0 Å². The minimum atomic E-state index is -3.52. The van der Waals surface area contributed by atoms with E-state index in [0.717, 1.165) is 22.0 Å². The number of hydrogen-bond donors (Lipinski definition) is 1. The van der Waals surface area contributed by atoms with Gasteiger partial charge in [0.1, 0.15) is 0 Å². The third-order valence-electron chi connectivity index (χ3n) is 5.34. The van der Waals surface area contributed by atoms with Crippen LogP contribution in [-0.2, 0) is 26.1 Å². The van der Waals surface area contributed by atoms with E-state index in [1.54, 1.807) is 30.5 Å². The van der Waals surface area contributed by atoms with Crippen LogP contribution >= 0.6 is 11.8 Å². The Hall–Kier alpha value is -2.66. The Bertz CT molecular complexity index is 1200. The molecule has 1 aliphatic heterocycles. The number of aromatic nitrogens is 2. The third kappa shape index (κ3) is 5.64. The quantitative estimate of drug-likeness (QED) is 0.492. The number of amides is 1. The zero-order valence-corrected chi connectivity index (χ0v) is 19.9. The molecular weight excluding hydrogens is 460 g/mol. The summed E-state index contributed by atoms with van der Waals surface area (Å²) in [5, 5.41) is 3.63. The second-order valence-electron chi connectivity index (χ2n) is 7.59. The number of hydrogen-bond acceptors (Lipinski definition) is 6. The largest absolute Gasteiger partial charge is 0.379 e. The van der Waals surface area contributed by atoms with Gasteiger partial charge in [0.05, 0.1) is 29.5 Å². The molecule has 0 aliphatic carbocycles. The van der Waals surface area contributed by atoms with E-state index in [1.165, 1.54) is 16.1 Å². The van der Waals surface area contributed by atoms with Gasteiger partial charge in [0, 0.05) is 32.0 Å². The number of morpholine rings is 1. The summed E-state index contributed by atoms with van der Waals surface area (Å²) in [6.07, 6.45) is 3.61. The molecule has 1 aromatic heterocycles. The van der Waals surface area contributed by atoms with Crippen LogP contribution in [0, 0.1) is 6.92 Å². The standard InChI is InChI=1S/C23H26N4O4S2/c1-18-4-2-3-5-21(18)27-11-10-24-23(27)32-17-22(28)25-16-19-6-8-20(9-7-19)33(29,30)26-12-14-31-15-13-26/h2-11H,12-17H2,1H3,(H,25,28). The molecule has 0 bridgehead atoms. The molecule has 1 aliphatic rings. The Morgan fingerprint density at radius 1 is 1.12 bits per heavy atom. The highest BCUT2D eigenvalue weighted by Crippen LogP contribution is 2.22. The van der Waals surface area contributed by atoms with E-state index in [0.29, 0.717) is 32.8 Å². The van der Waals surface area contributed by atoms with Gasteiger partial charge in [-0.25, -0.2) is 13.4 Å². The van der Waals surface area contributed by atoms with Gasteiger partial charge in [0.2, 0.25) is 15.9 Å². The van der Waals surface area contributed by atoms with E-state index < -0.39 is 10.0 Å². The van der Waals surface area contributed by atoms with E-state index in [4.69, 9.17) is 4.74 Å². The molecule has 33 heavy (non-hydrogen) atoms. The van der Waals surface area contributed by atoms with Gasteiger partial charge in [-0.15, -0.1) is 0 Å². The first kappa shape index (κ1) is 23.5. The number of nitrogens with one attached hydrogen (secondary N) is 1. The van der Waals surface area contributed by atoms with Crippen molar-refractivity contribution < 1.29 is 17.9 Å². The molecule has 10 heteroatoms. The molecule has 174 valence electrons. The molecule has 3 aromatic rings. The van der Waals surface area contributed by atoms with Gasteiger partial charge in [-0.1, -0.05) is 42.1 Å². The highest BCUT2D eigenvalue weighted by molar-refractivity contribution is 7.99. The summed E-state index contributed by atoms with van der Waals surface area (Å²) in [6, 6.07) is 14.6. The number of carbonyl (C=O) groups excluding carboxylic acids is 1. The highest BCUT2D eigenvalue weighted by Gasteiger charge is 2.26. The fraction of sp³-hybridized carbons (Fsp3) is 0.304. The van der Waals surface area contributed by atoms with Crippen molar-refractivity contribution in [2.45, 2.75) is 23.5 Å². The number of sulfonamides is 1. The first-order valence-electron chi connectivity index (χ1n) is 10.6. The summed E-state index contributed by atoms with van der Waals surface area (Å²) in [4.78, 5) is 17.0. The van der Waals surface area contributed by atoms with Crippen molar-refractivity contribution in [3.8, 4) is 5.69 Å². The molecular formula is C23H26N4O4S2. The first-order valence-corrected chi connectivity index (χ1v) is 13.0. The van der Waals surface area contributed by atoms with Crippen LogP contribution in [0.4, 0.5) is 0 Å². The maximum Gasteiger partial charge on any atom is 0.243 e. The third-order valence-corrected chi connectivity index (χ3v) is 8.21. The summed E-state index contributed by atoms with van der Waals surface area (Å²) in [7, 11) is -3.52. The lowest BCUT2D eigenvalue weighted by Gasteiger charge is -2.26. The Kier molecular flexibility index (Phi) is 7.49. The minimum Gasteiger partial charge on any atom is -0.379 e. The fourth-order valence-corrected chi connectivity index (χ4v) is 5.71. The molecule has 1 fully saturated rings. The van der Waals surface area contributed by atoms with Crippen molar-refractivity contribution in [1.82, 2.24) is 19.2 Å². The molecule has 4 rings (SSSR count). The Morgan fingerprint density at radius 2 is 1.85 bits per heavy atom. The topological polar surface area (TPSA) is 93.5 Å².